The number of H-pyrrole nitrogens is 1. The van der Waals surface area contributed by atoms with Crippen molar-refractivity contribution in [2.75, 3.05) is 18.4 Å². The Kier molecular flexibility index (Phi) is 5.86. The first-order chi connectivity index (χ1) is 17.2. The number of carbonyl (C=O) groups is 1. The standard InChI is InChI=1S/C24H21F3N6O3/c25-15-3-1-13(2-4-15)9-14-10-31-19-20-18(14)32-11-24(26,27)12-33(20)23(36)17(21(19)34)22(35)30-6-5-16-28-7-8-29-16/h1-4,7-8,10,32,34H,5-6,9,11-12H2,(H,28,29)(H,30,35). The van der Waals surface area contributed by atoms with E-state index in [-0.39, 0.29) is 29.7 Å². The third-order valence-corrected chi connectivity index (χ3v) is 5.97. The van der Waals surface area contributed by atoms with Crippen LogP contribution in [0.4, 0.5) is 18.9 Å². The quantitative estimate of drug-likeness (QED) is 0.324. The highest BCUT2D eigenvalue weighted by atomic mass is 19.3. The van der Waals surface area contributed by atoms with Crippen molar-refractivity contribution < 1.29 is 23.1 Å². The first-order valence-corrected chi connectivity index (χ1v) is 11.1. The molecule has 3 aromatic heterocycles. The normalized spacial score (nSPS) is 14.3. The van der Waals surface area contributed by atoms with Gasteiger partial charge < -0.3 is 20.7 Å². The molecule has 0 bridgehead atoms. The monoisotopic (exact) mass is 498 g/mol. The molecule has 1 aliphatic rings. The van der Waals surface area contributed by atoms with Crippen LogP contribution in [0.15, 0.2) is 47.7 Å². The number of pyridine rings is 2. The average molecular weight is 498 g/mol. The Morgan fingerprint density at radius 2 is 2.00 bits per heavy atom. The Morgan fingerprint density at radius 3 is 2.72 bits per heavy atom. The highest BCUT2D eigenvalue weighted by molar-refractivity contribution is 6.04. The summed E-state index contributed by atoms with van der Waals surface area (Å²) in [5.41, 5.74) is -0.550. The lowest BCUT2D eigenvalue weighted by Gasteiger charge is -2.17. The van der Waals surface area contributed by atoms with Gasteiger partial charge in [-0.05, 0) is 17.7 Å². The minimum Gasteiger partial charge on any atom is -0.505 e. The summed E-state index contributed by atoms with van der Waals surface area (Å²) in [5, 5.41) is 16.1. The largest absolute Gasteiger partial charge is 0.505 e. The second-order valence-corrected chi connectivity index (χ2v) is 8.53. The van der Waals surface area contributed by atoms with Gasteiger partial charge in [0.15, 0.2) is 5.75 Å². The van der Waals surface area contributed by atoms with Crippen LogP contribution in [0.1, 0.15) is 27.3 Å². The van der Waals surface area contributed by atoms with E-state index >= 15 is 0 Å². The number of rotatable bonds is 6. The van der Waals surface area contributed by atoms with Crippen molar-refractivity contribution in [3.05, 3.63) is 81.5 Å². The van der Waals surface area contributed by atoms with E-state index in [1.807, 2.05) is 0 Å². The lowest BCUT2D eigenvalue weighted by molar-refractivity contribution is -0.000937. The second kappa shape index (κ2) is 9.02. The van der Waals surface area contributed by atoms with Gasteiger partial charge in [-0.15, -0.1) is 0 Å². The molecule has 0 atom stereocenters. The van der Waals surface area contributed by atoms with Crippen LogP contribution in [-0.4, -0.2) is 49.5 Å². The predicted molar refractivity (Wildman–Crippen MR) is 125 cm³/mol. The van der Waals surface area contributed by atoms with Gasteiger partial charge in [-0.25, -0.2) is 18.2 Å². The van der Waals surface area contributed by atoms with Gasteiger partial charge in [-0.2, -0.15) is 0 Å². The number of benzene rings is 1. The molecule has 4 aromatic rings. The van der Waals surface area contributed by atoms with E-state index in [1.54, 1.807) is 24.5 Å². The molecule has 9 nitrogen and oxygen atoms in total. The van der Waals surface area contributed by atoms with Gasteiger partial charge in [-0.1, -0.05) is 12.1 Å². The lowest BCUT2D eigenvalue weighted by Crippen LogP contribution is -2.38. The highest BCUT2D eigenvalue weighted by Crippen LogP contribution is 2.36. The van der Waals surface area contributed by atoms with Crippen molar-refractivity contribution in [3.8, 4) is 5.75 Å². The third kappa shape index (κ3) is 4.37. The summed E-state index contributed by atoms with van der Waals surface area (Å²) in [6.07, 6.45) is 5.09. The van der Waals surface area contributed by atoms with Crippen LogP contribution in [0.5, 0.6) is 5.75 Å². The number of carbonyl (C=O) groups excluding carboxylic acids is 1. The van der Waals surface area contributed by atoms with Gasteiger partial charge in [0, 0.05) is 43.5 Å². The molecule has 4 heterocycles. The number of nitrogens with zero attached hydrogens (tertiary/aromatic N) is 3. The van der Waals surface area contributed by atoms with Crippen molar-refractivity contribution in [1.29, 1.82) is 0 Å². The molecule has 186 valence electrons. The fourth-order valence-corrected chi connectivity index (χ4v) is 4.26. The van der Waals surface area contributed by atoms with E-state index in [0.29, 0.717) is 23.4 Å². The Balaban J connectivity index is 1.58. The molecule has 36 heavy (non-hydrogen) atoms. The van der Waals surface area contributed by atoms with Crippen LogP contribution in [0, 0.1) is 5.82 Å². The fourth-order valence-electron chi connectivity index (χ4n) is 4.26. The summed E-state index contributed by atoms with van der Waals surface area (Å²) in [6, 6.07) is 5.67. The SMILES string of the molecule is O=C(NCCc1ncc[nH]1)c1c(O)c2ncc(Cc3ccc(F)cc3)c3c2n(c1=O)CC(F)(F)CN3. The number of alkyl halides is 2. The molecule has 0 unspecified atom stereocenters. The van der Waals surface area contributed by atoms with E-state index in [9.17, 15) is 27.9 Å². The first kappa shape index (κ1) is 23.4. The van der Waals surface area contributed by atoms with Crippen molar-refractivity contribution in [1.82, 2.24) is 24.8 Å². The number of aromatic nitrogens is 4. The smallest absolute Gasteiger partial charge is 0.282 e. The summed E-state index contributed by atoms with van der Waals surface area (Å²) in [5.74, 6) is -4.74. The number of amides is 1. The number of imidazole rings is 1. The van der Waals surface area contributed by atoms with Gasteiger partial charge in [0.2, 0.25) is 0 Å². The Hall–Kier alpha value is -4.35. The lowest BCUT2D eigenvalue weighted by atomic mass is 10.0. The van der Waals surface area contributed by atoms with Crippen LogP contribution < -0.4 is 16.2 Å². The van der Waals surface area contributed by atoms with Crippen LogP contribution in [0.2, 0.25) is 0 Å². The van der Waals surface area contributed by atoms with Crippen LogP contribution >= 0.6 is 0 Å². The Morgan fingerprint density at radius 1 is 1.22 bits per heavy atom. The first-order valence-electron chi connectivity index (χ1n) is 11.1. The van der Waals surface area contributed by atoms with Gasteiger partial charge in [-0.3, -0.25) is 19.1 Å². The van der Waals surface area contributed by atoms with Gasteiger partial charge in [0.25, 0.3) is 17.4 Å². The molecule has 12 heteroatoms. The van der Waals surface area contributed by atoms with Gasteiger partial charge in [0.1, 0.15) is 22.7 Å². The van der Waals surface area contributed by atoms with E-state index < -0.39 is 47.6 Å². The van der Waals surface area contributed by atoms with E-state index in [1.165, 1.54) is 18.3 Å². The molecule has 0 saturated carbocycles. The van der Waals surface area contributed by atoms with E-state index in [2.05, 4.69) is 25.6 Å². The maximum atomic E-state index is 14.7. The highest BCUT2D eigenvalue weighted by Gasteiger charge is 2.37. The molecule has 0 fully saturated rings. The van der Waals surface area contributed by atoms with Crippen LogP contribution in [-0.2, 0) is 19.4 Å². The van der Waals surface area contributed by atoms with Crippen molar-refractivity contribution >= 4 is 22.6 Å². The molecule has 0 spiro atoms. The molecule has 0 saturated heterocycles. The molecule has 5 rings (SSSR count). The predicted octanol–water partition coefficient (Wildman–Crippen LogP) is 2.59. The molecular formula is C24H21F3N6O3. The van der Waals surface area contributed by atoms with Gasteiger partial charge >= 0.3 is 0 Å². The zero-order chi connectivity index (χ0) is 25.4. The number of anilines is 1. The summed E-state index contributed by atoms with van der Waals surface area (Å²) in [6.45, 7) is -1.68. The number of aromatic amines is 1. The second-order valence-electron chi connectivity index (χ2n) is 8.53. The van der Waals surface area contributed by atoms with Crippen LogP contribution in [0.3, 0.4) is 0 Å². The van der Waals surface area contributed by atoms with Gasteiger partial charge in [0.05, 0.1) is 24.3 Å². The number of nitrogens with one attached hydrogen (secondary N) is 3. The summed E-state index contributed by atoms with van der Waals surface area (Å²) < 4.78 is 43.4. The van der Waals surface area contributed by atoms with Crippen molar-refractivity contribution in [2.24, 2.45) is 0 Å². The maximum absolute atomic E-state index is 14.7. The number of hydrogen-bond donors (Lipinski definition) is 4. The molecule has 0 aliphatic carbocycles. The minimum atomic E-state index is -3.33. The van der Waals surface area contributed by atoms with E-state index in [0.717, 1.165) is 4.57 Å². The zero-order valence-electron chi connectivity index (χ0n) is 18.8. The minimum absolute atomic E-state index is 0.0265. The zero-order valence-corrected chi connectivity index (χ0v) is 18.8. The van der Waals surface area contributed by atoms with Crippen LogP contribution in [0.25, 0.3) is 11.0 Å². The maximum Gasteiger partial charge on any atom is 0.282 e. The summed E-state index contributed by atoms with van der Waals surface area (Å²) in [7, 11) is 0. The molecule has 4 N–H and O–H groups in total. The Bertz CT molecular complexity index is 1500. The number of aromatic hydroxyl groups is 1. The van der Waals surface area contributed by atoms with Crippen molar-refractivity contribution in [2.45, 2.75) is 25.3 Å². The third-order valence-electron chi connectivity index (χ3n) is 5.97. The molecular weight excluding hydrogens is 477 g/mol. The summed E-state index contributed by atoms with van der Waals surface area (Å²) >= 11 is 0. The molecule has 1 aromatic carbocycles. The van der Waals surface area contributed by atoms with Crippen molar-refractivity contribution in [3.63, 3.8) is 0 Å². The molecule has 1 aliphatic heterocycles. The van der Waals surface area contributed by atoms with E-state index in [4.69, 9.17) is 0 Å². The molecule has 0 radical (unpaired) electrons. The summed E-state index contributed by atoms with van der Waals surface area (Å²) in [4.78, 5) is 37.3. The Labute approximate surface area is 202 Å². The fraction of sp³-hybridized carbons (Fsp3) is 0.250. The molecule has 1 amide bonds. The average Bonchev–Trinajstić information content (AvgIpc) is 3.30. The topological polar surface area (TPSA) is 125 Å². The number of hydrogen-bond acceptors (Lipinski definition) is 6. The number of halogens is 3.